The summed E-state index contributed by atoms with van der Waals surface area (Å²) in [5.41, 5.74) is 3.47. The molecule has 0 aromatic heterocycles. The number of hydrogen-bond donors (Lipinski definition) is 0. The Labute approximate surface area is 174 Å². The lowest BCUT2D eigenvalue weighted by molar-refractivity contribution is -0.130. The molecule has 0 saturated heterocycles. The van der Waals surface area contributed by atoms with Crippen LogP contribution in [0.5, 0.6) is 5.75 Å². The average Bonchev–Trinajstić information content (AvgIpc) is 3.14. The molecule has 0 saturated carbocycles. The van der Waals surface area contributed by atoms with E-state index >= 15 is 0 Å². The molecule has 4 aromatic carbocycles. The molecule has 1 heterocycles. The lowest BCUT2D eigenvalue weighted by Crippen LogP contribution is -1.98. The van der Waals surface area contributed by atoms with Gasteiger partial charge in [-0.1, -0.05) is 66.2 Å². The third-order valence-corrected chi connectivity index (χ3v) is 5.46. The van der Waals surface area contributed by atoms with Gasteiger partial charge in [0.15, 0.2) is 0 Å². The molecular formula is C27H20O3. The fraction of sp³-hybridized carbons (Fsp3) is 0.0741. The van der Waals surface area contributed by atoms with E-state index in [4.69, 9.17) is 9.47 Å². The van der Waals surface area contributed by atoms with Gasteiger partial charge in [-0.15, -0.1) is 0 Å². The number of carbonyl (C=O) groups excluding carboxylic acids is 1. The number of aryl methyl sites for hydroxylation is 1. The first kappa shape index (κ1) is 18.2. The number of esters is 1. The molecule has 0 aliphatic carbocycles. The standard InChI is InChI=1S/C27H20O3/c1-17-7-8-20-14-21(10-9-19(20)13-17)26-16-22(27(28)30-26)15-24-23-6-4-3-5-18(23)11-12-25(24)29-2/h3-16H,1-2H3/b22-15+. The maximum Gasteiger partial charge on any atom is 0.343 e. The van der Waals surface area contributed by atoms with Crippen LogP contribution >= 0.6 is 0 Å². The summed E-state index contributed by atoms with van der Waals surface area (Å²) in [4.78, 5) is 12.6. The van der Waals surface area contributed by atoms with Crippen molar-refractivity contribution in [3.05, 3.63) is 101 Å². The van der Waals surface area contributed by atoms with Crippen molar-refractivity contribution in [1.82, 2.24) is 0 Å². The molecule has 0 unspecified atom stereocenters. The van der Waals surface area contributed by atoms with E-state index in [0.29, 0.717) is 11.3 Å². The number of fused-ring (bicyclic) bond motifs is 2. The van der Waals surface area contributed by atoms with Crippen LogP contribution in [0.15, 0.2) is 84.4 Å². The minimum Gasteiger partial charge on any atom is -0.496 e. The van der Waals surface area contributed by atoms with Gasteiger partial charge in [0.1, 0.15) is 11.5 Å². The molecular weight excluding hydrogens is 372 g/mol. The summed E-state index contributed by atoms with van der Waals surface area (Å²) in [5, 5.41) is 4.40. The molecule has 0 fully saturated rings. The second-order valence-corrected chi connectivity index (χ2v) is 7.47. The molecule has 146 valence electrons. The summed E-state index contributed by atoms with van der Waals surface area (Å²) < 4.78 is 11.2. The zero-order chi connectivity index (χ0) is 20.7. The molecule has 0 radical (unpaired) electrons. The summed E-state index contributed by atoms with van der Waals surface area (Å²) in [6, 6.07) is 24.4. The lowest BCUT2D eigenvalue weighted by atomic mass is 10.0. The molecule has 3 heteroatoms. The zero-order valence-electron chi connectivity index (χ0n) is 16.8. The molecule has 0 amide bonds. The van der Waals surface area contributed by atoms with Gasteiger partial charge in [0.05, 0.1) is 12.7 Å². The molecule has 3 nitrogen and oxygen atoms in total. The van der Waals surface area contributed by atoms with E-state index in [2.05, 4.69) is 37.3 Å². The second-order valence-electron chi connectivity index (χ2n) is 7.47. The largest absolute Gasteiger partial charge is 0.496 e. The highest BCUT2D eigenvalue weighted by Crippen LogP contribution is 2.34. The predicted molar refractivity (Wildman–Crippen MR) is 121 cm³/mol. The molecule has 1 aliphatic rings. The van der Waals surface area contributed by atoms with Gasteiger partial charge in [0.2, 0.25) is 0 Å². The highest BCUT2D eigenvalue weighted by atomic mass is 16.5. The first-order valence-electron chi connectivity index (χ1n) is 9.84. The fourth-order valence-electron chi connectivity index (χ4n) is 3.91. The maximum atomic E-state index is 12.6. The van der Waals surface area contributed by atoms with Crippen molar-refractivity contribution >= 4 is 39.3 Å². The number of hydrogen-bond acceptors (Lipinski definition) is 3. The molecule has 0 bridgehead atoms. The molecule has 0 atom stereocenters. The van der Waals surface area contributed by atoms with E-state index in [1.54, 1.807) is 13.2 Å². The van der Waals surface area contributed by atoms with Gasteiger partial charge in [-0.3, -0.25) is 0 Å². The number of ether oxygens (including phenoxy) is 2. The Morgan fingerprint density at radius 2 is 1.63 bits per heavy atom. The Morgan fingerprint density at radius 1 is 0.867 bits per heavy atom. The molecule has 30 heavy (non-hydrogen) atoms. The van der Waals surface area contributed by atoms with E-state index < -0.39 is 0 Å². The Hall–Kier alpha value is -3.85. The smallest absolute Gasteiger partial charge is 0.343 e. The number of benzene rings is 4. The second kappa shape index (κ2) is 7.20. The number of rotatable bonds is 3. The minimum absolute atomic E-state index is 0.357. The summed E-state index contributed by atoms with van der Waals surface area (Å²) >= 11 is 0. The highest BCUT2D eigenvalue weighted by Gasteiger charge is 2.23. The quantitative estimate of drug-likeness (QED) is 0.303. The van der Waals surface area contributed by atoms with Crippen molar-refractivity contribution in [1.29, 1.82) is 0 Å². The number of cyclic esters (lactones) is 1. The van der Waals surface area contributed by atoms with Crippen molar-refractivity contribution in [3.63, 3.8) is 0 Å². The lowest BCUT2D eigenvalue weighted by Gasteiger charge is -2.09. The fourth-order valence-corrected chi connectivity index (χ4v) is 3.91. The van der Waals surface area contributed by atoms with Gasteiger partial charge in [-0.05, 0) is 52.8 Å². The van der Waals surface area contributed by atoms with Crippen LogP contribution < -0.4 is 4.74 Å². The summed E-state index contributed by atoms with van der Waals surface area (Å²) in [7, 11) is 1.64. The minimum atomic E-state index is -0.357. The maximum absolute atomic E-state index is 12.6. The highest BCUT2D eigenvalue weighted by molar-refractivity contribution is 6.07. The van der Waals surface area contributed by atoms with Crippen LogP contribution in [0.4, 0.5) is 0 Å². The van der Waals surface area contributed by atoms with Gasteiger partial charge in [0.25, 0.3) is 0 Å². The van der Waals surface area contributed by atoms with E-state index in [0.717, 1.165) is 33.0 Å². The number of carbonyl (C=O) groups is 1. The molecule has 0 N–H and O–H groups in total. The van der Waals surface area contributed by atoms with Crippen LogP contribution in [-0.2, 0) is 9.53 Å². The summed E-state index contributed by atoms with van der Waals surface area (Å²) in [6.07, 6.45) is 3.65. The Kier molecular flexibility index (Phi) is 4.36. The third kappa shape index (κ3) is 3.15. The van der Waals surface area contributed by atoms with E-state index in [1.165, 1.54) is 10.9 Å². The van der Waals surface area contributed by atoms with Crippen LogP contribution in [0.2, 0.25) is 0 Å². The first-order chi connectivity index (χ1) is 14.6. The molecule has 0 spiro atoms. The normalized spacial score (nSPS) is 14.9. The predicted octanol–water partition coefficient (Wildman–Crippen LogP) is 6.29. The van der Waals surface area contributed by atoms with Crippen LogP contribution in [0.3, 0.4) is 0 Å². The van der Waals surface area contributed by atoms with E-state index in [9.17, 15) is 4.79 Å². The van der Waals surface area contributed by atoms with Gasteiger partial charge in [-0.25, -0.2) is 4.79 Å². The molecule has 1 aliphatic heterocycles. The van der Waals surface area contributed by atoms with Crippen molar-refractivity contribution in [2.45, 2.75) is 6.92 Å². The van der Waals surface area contributed by atoms with Crippen LogP contribution in [0.1, 0.15) is 16.7 Å². The Morgan fingerprint density at radius 3 is 2.50 bits per heavy atom. The van der Waals surface area contributed by atoms with Gasteiger partial charge >= 0.3 is 5.97 Å². The average molecular weight is 392 g/mol. The van der Waals surface area contributed by atoms with Crippen molar-refractivity contribution in [2.75, 3.05) is 7.11 Å². The molecule has 5 rings (SSSR count). The SMILES string of the molecule is COc1ccc2ccccc2c1/C=C1\C=C(c2ccc3cc(C)ccc3c2)OC1=O. The van der Waals surface area contributed by atoms with Crippen LogP contribution in [0.25, 0.3) is 33.4 Å². The van der Waals surface area contributed by atoms with E-state index in [-0.39, 0.29) is 5.97 Å². The Balaban J connectivity index is 1.60. The topological polar surface area (TPSA) is 35.5 Å². The molecule has 4 aromatic rings. The van der Waals surface area contributed by atoms with Gasteiger partial charge < -0.3 is 9.47 Å². The summed E-state index contributed by atoms with van der Waals surface area (Å²) in [5.74, 6) is 0.925. The third-order valence-electron chi connectivity index (χ3n) is 5.46. The van der Waals surface area contributed by atoms with Gasteiger partial charge in [-0.2, -0.15) is 0 Å². The van der Waals surface area contributed by atoms with Gasteiger partial charge in [0, 0.05) is 11.1 Å². The van der Waals surface area contributed by atoms with Crippen molar-refractivity contribution in [3.8, 4) is 5.75 Å². The van der Waals surface area contributed by atoms with E-state index in [1.807, 2.05) is 48.5 Å². The van der Waals surface area contributed by atoms with Crippen LogP contribution in [-0.4, -0.2) is 13.1 Å². The summed E-state index contributed by atoms with van der Waals surface area (Å²) in [6.45, 7) is 2.08. The number of methoxy groups -OCH3 is 1. The first-order valence-corrected chi connectivity index (χ1v) is 9.84. The van der Waals surface area contributed by atoms with Crippen molar-refractivity contribution in [2.24, 2.45) is 0 Å². The Bertz CT molecular complexity index is 1380. The van der Waals surface area contributed by atoms with Crippen LogP contribution in [0, 0.1) is 6.92 Å². The monoisotopic (exact) mass is 392 g/mol. The van der Waals surface area contributed by atoms with Crippen molar-refractivity contribution < 1.29 is 14.3 Å². The zero-order valence-corrected chi connectivity index (χ0v) is 16.8.